The van der Waals surface area contributed by atoms with Crippen LogP contribution in [0.1, 0.15) is 37.6 Å². The van der Waals surface area contributed by atoms with E-state index in [0.29, 0.717) is 17.8 Å². The highest BCUT2D eigenvalue weighted by Crippen LogP contribution is 2.28. The number of methoxy groups -OCH3 is 1. The number of hydrogen-bond acceptors (Lipinski definition) is 3. The number of hydrogen-bond donors (Lipinski definition) is 1. The van der Waals surface area contributed by atoms with Gasteiger partial charge in [0.15, 0.2) is 0 Å². The second-order valence-corrected chi connectivity index (χ2v) is 6.93. The molecule has 0 unspecified atom stereocenters. The summed E-state index contributed by atoms with van der Waals surface area (Å²) in [5.41, 5.74) is 3.73. The smallest absolute Gasteiger partial charge is 0.226 e. The van der Waals surface area contributed by atoms with Gasteiger partial charge in [-0.2, -0.15) is 5.26 Å². The average Bonchev–Trinajstić information content (AvgIpc) is 3.04. The van der Waals surface area contributed by atoms with E-state index < -0.39 is 0 Å². The maximum atomic E-state index is 11.8. The van der Waals surface area contributed by atoms with Crippen LogP contribution in [0, 0.1) is 29.1 Å². The Balaban J connectivity index is 1.98. The summed E-state index contributed by atoms with van der Waals surface area (Å²) in [6.45, 7) is 6.42. The summed E-state index contributed by atoms with van der Waals surface area (Å²) < 4.78 is 7.35. The van der Waals surface area contributed by atoms with E-state index in [9.17, 15) is 10.1 Å². The van der Waals surface area contributed by atoms with Crippen molar-refractivity contribution >= 4 is 22.5 Å². The normalized spacial score (nSPS) is 10.3. The SMILES string of the molecule is CCn1c(C#Cc2ccc(NC(=O)C(C)C)cc2)c(C#N)c2ccc(OC)cc21. The Bertz CT molecular complexity index is 1150. The monoisotopic (exact) mass is 385 g/mol. The molecule has 1 aromatic heterocycles. The molecule has 1 amide bonds. The summed E-state index contributed by atoms with van der Waals surface area (Å²) in [5, 5.41) is 13.4. The number of nitrogens with one attached hydrogen (secondary N) is 1. The van der Waals surface area contributed by atoms with Gasteiger partial charge < -0.3 is 14.6 Å². The quantitative estimate of drug-likeness (QED) is 0.671. The molecule has 3 rings (SSSR count). The fourth-order valence-corrected chi connectivity index (χ4v) is 3.08. The number of rotatable bonds is 4. The Hall–Kier alpha value is -3.70. The number of carbonyl (C=O) groups is 1. The minimum atomic E-state index is -0.0755. The third-order valence-corrected chi connectivity index (χ3v) is 4.70. The van der Waals surface area contributed by atoms with Gasteiger partial charge in [-0.15, -0.1) is 0 Å². The van der Waals surface area contributed by atoms with Gasteiger partial charge in [0.2, 0.25) is 5.91 Å². The maximum absolute atomic E-state index is 11.8. The van der Waals surface area contributed by atoms with E-state index >= 15 is 0 Å². The van der Waals surface area contributed by atoms with Crippen molar-refractivity contribution in [1.29, 1.82) is 5.26 Å². The fourth-order valence-electron chi connectivity index (χ4n) is 3.08. The van der Waals surface area contributed by atoms with Gasteiger partial charge in [0.05, 0.1) is 18.2 Å². The molecular weight excluding hydrogens is 362 g/mol. The Morgan fingerprint density at radius 1 is 1.17 bits per heavy atom. The van der Waals surface area contributed by atoms with E-state index in [1.807, 2.05) is 67.8 Å². The van der Waals surface area contributed by atoms with Crippen molar-refractivity contribution in [2.75, 3.05) is 12.4 Å². The molecule has 29 heavy (non-hydrogen) atoms. The molecule has 0 spiro atoms. The van der Waals surface area contributed by atoms with E-state index in [2.05, 4.69) is 23.2 Å². The van der Waals surface area contributed by atoms with Crippen molar-refractivity contribution in [3.05, 3.63) is 59.3 Å². The van der Waals surface area contributed by atoms with Crippen molar-refractivity contribution in [3.8, 4) is 23.7 Å². The first-order chi connectivity index (χ1) is 14.0. The number of aryl methyl sites for hydroxylation is 1. The molecule has 5 heteroatoms. The Morgan fingerprint density at radius 3 is 2.48 bits per heavy atom. The van der Waals surface area contributed by atoms with Crippen LogP contribution in [-0.2, 0) is 11.3 Å². The predicted octanol–water partition coefficient (Wildman–Crippen LogP) is 4.54. The zero-order valence-electron chi connectivity index (χ0n) is 17.0. The van der Waals surface area contributed by atoms with Crippen molar-refractivity contribution in [2.45, 2.75) is 27.3 Å². The van der Waals surface area contributed by atoms with E-state index in [1.165, 1.54) is 0 Å². The molecule has 0 radical (unpaired) electrons. The number of ether oxygens (including phenoxy) is 1. The van der Waals surface area contributed by atoms with E-state index in [-0.39, 0.29) is 11.8 Å². The second-order valence-electron chi connectivity index (χ2n) is 6.93. The molecule has 1 heterocycles. The summed E-state index contributed by atoms with van der Waals surface area (Å²) >= 11 is 0. The van der Waals surface area contributed by atoms with Crippen LogP contribution < -0.4 is 10.1 Å². The predicted molar refractivity (Wildman–Crippen MR) is 115 cm³/mol. The number of nitrogens with zero attached hydrogens (tertiary/aromatic N) is 2. The van der Waals surface area contributed by atoms with Crippen molar-refractivity contribution in [1.82, 2.24) is 4.57 Å². The van der Waals surface area contributed by atoms with Crippen LogP contribution >= 0.6 is 0 Å². The topological polar surface area (TPSA) is 67.0 Å². The summed E-state index contributed by atoms with van der Waals surface area (Å²) in [4.78, 5) is 11.8. The molecule has 1 N–H and O–H groups in total. The molecule has 0 aliphatic heterocycles. The first-order valence-electron chi connectivity index (χ1n) is 9.51. The zero-order chi connectivity index (χ0) is 21.0. The second kappa shape index (κ2) is 8.54. The summed E-state index contributed by atoms with van der Waals surface area (Å²) in [5.74, 6) is 6.95. The third kappa shape index (κ3) is 4.10. The van der Waals surface area contributed by atoms with Crippen molar-refractivity contribution < 1.29 is 9.53 Å². The average molecular weight is 385 g/mol. The lowest BCUT2D eigenvalue weighted by Crippen LogP contribution is -2.17. The minimum Gasteiger partial charge on any atom is -0.497 e. The van der Waals surface area contributed by atoms with Crippen molar-refractivity contribution in [2.24, 2.45) is 5.92 Å². The van der Waals surface area contributed by atoms with Gasteiger partial charge in [0.25, 0.3) is 0 Å². The molecule has 2 aromatic carbocycles. The lowest BCUT2D eigenvalue weighted by Gasteiger charge is -2.07. The summed E-state index contributed by atoms with van der Waals surface area (Å²) in [7, 11) is 1.62. The van der Waals surface area contributed by atoms with Gasteiger partial charge in [-0.25, -0.2) is 0 Å². The Labute approximate surface area is 170 Å². The lowest BCUT2D eigenvalue weighted by molar-refractivity contribution is -0.118. The molecule has 0 saturated carbocycles. The fraction of sp³-hybridized carbons (Fsp3) is 0.250. The Kier molecular flexibility index (Phi) is 5.90. The summed E-state index contributed by atoms with van der Waals surface area (Å²) in [6, 6.07) is 15.3. The summed E-state index contributed by atoms with van der Waals surface area (Å²) in [6.07, 6.45) is 0. The molecule has 3 aromatic rings. The van der Waals surface area contributed by atoms with E-state index in [0.717, 1.165) is 27.9 Å². The van der Waals surface area contributed by atoms with Crippen LogP contribution in [0.3, 0.4) is 0 Å². The van der Waals surface area contributed by atoms with Crippen LogP contribution in [0.4, 0.5) is 5.69 Å². The van der Waals surface area contributed by atoms with E-state index in [1.54, 1.807) is 7.11 Å². The highest BCUT2D eigenvalue weighted by molar-refractivity contribution is 5.92. The van der Waals surface area contributed by atoms with Gasteiger partial charge in [-0.05, 0) is 49.2 Å². The third-order valence-electron chi connectivity index (χ3n) is 4.70. The molecule has 0 atom stereocenters. The largest absolute Gasteiger partial charge is 0.497 e. The van der Waals surface area contributed by atoms with Crippen LogP contribution in [0.25, 0.3) is 10.9 Å². The van der Waals surface area contributed by atoms with E-state index in [4.69, 9.17) is 4.74 Å². The number of amides is 1. The van der Waals surface area contributed by atoms with Crippen LogP contribution in [0.15, 0.2) is 42.5 Å². The molecule has 0 aliphatic carbocycles. The number of carbonyl (C=O) groups excluding carboxylic acids is 1. The number of anilines is 1. The van der Waals surface area contributed by atoms with Crippen LogP contribution in [0.5, 0.6) is 5.75 Å². The molecular formula is C24H23N3O2. The van der Waals surface area contributed by atoms with Gasteiger partial charge in [-0.3, -0.25) is 4.79 Å². The van der Waals surface area contributed by atoms with Gasteiger partial charge in [0, 0.05) is 35.2 Å². The first-order valence-corrected chi connectivity index (χ1v) is 9.51. The number of aromatic nitrogens is 1. The van der Waals surface area contributed by atoms with Crippen molar-refractivity contribution in [3.63, 3.8) is 0 Å². The molecule has 5 nitrogen and oxygen atoms in total. The molecule has 0 bridgehead atoms. The van der Waals surface area contributed by atoms with Gasteiger partial charge in [-0.1, -0.05) is 19.8 Å². The van der Waals surface area contributed by atoms with Crippen LogP contribution in [0.2, 0.25) is 0 Å². The minimum absolute atomic E-state index is 0.0228. The zero-order valence-corrected chi connectivity index (χ0v) is 17.0. The van der Waals surface area contributed by atoms with Gasteiger partial charge >= 0.3 is 0 Å². The molecule has 0 saturated heterocycles. The lowest BCUT2D eigenvalue weighted by atomic mass is 10.1. The molecule has 0 aliphatic rings. The maximum Gasteiger partial charge on any atom is 0.226 e. The standard InChI is InChI=1S/C24H23N3O2/c1-5-27-22(21(15-25)20-12-11-19(29-4)14-23(20)27)13-8-17-6-9-18(10-7-17)26-24(28)16(2)3/h6-7,9-12,14,16H,5H2,1-4H3,(H,26,28). The van der Waals surface area contributed by atoms with Gasteiger partial charge in [0.1, 0.15) is 17.5 Å². The number of nitriles is 1. The molecule has 0 fully saturated rings. The van der Waals surface area contributed by atoms with Crippen LogP contribution in [-0.4, -0.2) is 17.6 Å². The Morgan fingerprint density at radius 2 is 1.90 bits per heavy atom. The highest BCUT2D eigenvalue weighted by atomic mass is 16.5. The first kappa shape index (κ1) is 20.0. The number of benzene rings is 2. The highest BCUT2D eigenvalue weighted by Gasteiger charge is 2.15. The molecule has 146 valence electrons. The number of fused-ring (bicyclic) bond motifs is 1.